The van der Waals surface area contributed by atoms with E-state index in [4.69, 9.17) is 0 Å². The monoisotopic (exact) mass is 366 g/mol. The molecule has 0 aliphatic heterocycles. The molecule has 0 aliphatic rings. The molecule has 142 valence electrons. The first-order valence-electron chi connectivity index (χ1n) is 9.27. The SMILES string of the molecule is CC(=O)CCCCCC(NC(=O)c1ccccc1)C(=O)Nc1ccccc1. The van der Waals surface area contributed by atoms with Crippen LogP contribution in [0.25, 0.3) is 0 Å². The number of ketones is 1. The maximum Gasteiger partial charge on any atom is 0.251 e. The van der Waals surface area contributed by atoms with E-state index in [2.05, 4.69) is 10.6 Å². The van der Waals surface area contributed by atoms with E-state index in [1.54, 1.807) is 43.3 Å². The lowest BCUT2D eigenvalue weighted by Crippen LogP contribution is -2.43. The van der Waals surface area contributed by atoms with Crippen LogP contribution < -0.4 is 10.6 Å². The molecule has 2 aromatic rings. The third-order valence-corrected chi connectivity index (χ3v) is 4.22. The highest BCUT2D eigenvalue weighted by molar-refractivity contribution is 6.01. The number of hydrogen-bond donors (Lipinski definition) is 2. The number of para-hydroxylation sites is 1. The zero-order chi connectivity index (χ0) is 19.5. The third-order valence-electron chi connectivity index (χ3n) is 4.22. The fourth-order valence-electron chi connectivity index (χ4n) is 2.75. The summed E-state index contributed by atoms with van der Waals surface area (Å²) in [7, 11) is 0. The molecule has 27 heavy (non-hydrogen) atoms. The van der Waals surface area contributed by atoms with Crippen LogP contribution in [0, 0.1) is 0 Å². The average Bonchev–Trinajstić information content (AvgIpc) is 2.68. The minimum Gasteiger partial charge on any atom is -0.340 e. The van der Waals surface area contributed by atoms with Crippen molar-refractivity contribution in [3.8, 4) is 0 Å². The zero-order valence-corrected chi connectivity index (χ0v) is 15.6. The van der Waals surface area contributed by atoms with Gasteiger partial charge in [-0.05, 0) is 44.0 Å². The lowest BCUT2D eigenvalue weighted by atomic mass is 10.0. The molecule has 1 atom stereocenters. The van der Waals surface area contributed by atoms with Gasteiger partial charge in [0.1, 0.15) is 11.8 Å². The van der Waals surface area contributed by atoms with Crippen LogP contribution in [0.3, 0.4) is 0 Å². The van der Waals surface area contributed by atoms with Gasteiger partial charge in [-0.3, -0.25) is 9.59 Å². The Kier molecular flexibility index (Phi) is 8.23. The second-order valence-electron chi connectivity index (χ2n) is 6.55. The topological polar surface area (TPSA) is 75.3 Å². The molecule has 1 unspecified atom stereocenters. The third kappa shape index (κ3) is 7.44. The Bertz CT molecular complexity index is 745. The molecule has 0 fully saturated rings. The Morgan fingerprint density at radius 2 is 1.48 bits per heavy atom. The highest BCUT2D eigenvalue weighted by atomic mass is 16.2. The van der Waals surface area contributed by atoms with E-state index in [0.29, 0.717) is 24.1 Å². The molecular formula is C22H26N2O3. The molecule has 0 heterocycles. The van der Waals surface area contributed by atoms with Crippen molar-refractivity contribution in [3.05, 3.63) is 66.2 Å². The largest absolute Gasteiger partial charge is 0.340 e. The first-order chi connectivity index (χ1) is 13.1. The van der Waals surface area contributed by atoms with Gasteiger partial charge in [0.25, 0.3) is 5.91 Å². The summed E-state index contributed by atoms with van der Waals surface area (Å²) < 4.78 is 0. The predicted molar refractivity (Wildman–Crippen MR) is 107 cm³/mol. The number of benzene rings is 2. The number of unbranched alkanes of at least 4 members (excludes halogenated alkanes) is 2. The normalized spacial score (nSPS) is 11.4. The van der Waals surface area contributed by atoms with Crippen molar-refractivity contribution in [2.75, 3.05) is 5.32 Å². The van der Waals surface area contributed by atoms with E-state index in [1.807, 2.05) is 24.3 Å². The molecule has 0 radical (unpaired) electrons. The second kappa shape index (κ2) is 10.9. The first kappa shape index (κ1) is 20.4. The van der Waals surface area contributed by atoms with E-state index >= 15 is 0 Å². The minimum absolute atomic E-state index is 0.172. The van der Waals surface area contributed by atoms with Crippen LogP contribution >= 0.6 is 0 Å². The van der Waals surface area contributed by atoms with Gasteiger partial charge in [-0.15, -0.1) is 0 Å². The van der Waals surface area contributed by atoms with Crippen molar-refractivity contribution < 1.29 is 14.4 Å². The molecule has 0 aliphatic carbocycles. The maximum atomic E-state index is 12.7. The van der Waals surface area contributed by atoms with Crippen molar-refractivity contribution in [1.82, 2.24) is 5.32 Å². The second-order valence-corrected chi connectivity index (χ2v) is 6.55. The highest BCUT2D eigenvalue weighted by Crippen LogP contribution is 2.11. The van der Waals surface area contributed by atoms with Crippen LogP contribution in [0.4, 0.5) is 5.69 Å². The van der Waals surface area contributed by atoms with Crippen molar-refractivity contribution in [2.45, 2.75) is 45.1 Å². The van der Waals surface area contributed by atoms with E-state index in [0.717, 1.165) is 19.3 Å². The highest BCUT2D eigenvalue weighted by Gasteiger charge is 2.21. The minimum atomic E-state index is -0.629. The molecular weight excluding hydrogens is 340 g/mol. The van der Waals surface area contributed by atoms with Gasteiger partial charge in [0.05, 0.1) is 0 Å². The quantitative estimate of drug-likeness (QED) is 0.625. The first-order valence-corrected chi connectivity index (χ1v) is 9.27. The number of nitrogens with one attached hydrogen (secondary N) is 2. The predicted octanol–water partition coefficient (Wildman–Crippen LogP) is 3.96. The van der Waals surface area contributed by atoms with Crippen LogP contribution in [-0.2, 0) is 9.59 Å². The molecule has 2 rings (SSSR count). The molecule has 0 aromatic heterocycles. The van der Waals surface area contributed by atoms with Gasteiger partial charge in [0.15, 0.2) is 0 Å². The van der Waals surface area contributed by atoms with Crippen LogP contribution in [0.15, 0.2) is 60.7 Å². The summed E-state index contributed by atoms with van der Waals surface area (Å²) in [6.45, 7) is 1.58. The molecule has 0 saturated carbocycles. The summed E-state index contributed by atoms with van der Waals surface area (Å²) in [5.41, 5.74) is 1.21. The smallest absolute Gasteiger partial charge is 0.251 e. The lowest BCUT2D eigenvalue weighted by Gasteiger charge is -2.18. The fourth-order valence-corrected chi connectivity index (χ4v) is 2.75. The van der Waals surface area contributed by atoms with E-state index in [1.165, 1.54) is 0 Å². The fraction of sp³-hybridized carbons (Fsp3) is 0.318. The number of carbonyl (C=O) groups excluding carboxylic acids is 3. The van der Waals surface area contributed by atoms with Crippen LogP contribution in [0.1, 0.15) is 49.4 Å². The molecule has 5 heteroatoms. The Morgan fingerprint density at radius 1 is 0.852 bits per heavy atom. The summed E-state index contributed by atoms with van der Waals surface area (Å²) in [5.74, 6) is -0.338. The van der Waals surface area contributed by atoms with Crippen LogP contribution in [0.5, 0.6) is 0 Å². The summed E-state index contributed by atoms with van der Waals surface area (Å²) in [6.07, 6.45) is 3.48. The van der Waals surface area contributed by atoms with Crippen molar-refractivity contribution in [3.63, 3.8) is 0 Å². The summed E-state index contributed by atoms with van der Waals surface area (Å²) >= 11 is 0. The standard InChI is InChI=1S/C22H26N2O3/c1-17(25)11-5-2-10-16-20(22(27)23-19-14-8-4-9-15-19)24-21(26)18-12-6-3-7-13-18/h3-4,6-9,12-15,20H,2,5,10-11,16H2,1H3,(H,23,27)(H,24,26). The van der Waals surface area contributed by atoms with Gasteiger partial charge in [-0.25, -0.2) is 0 Å². The van der Waals surface area contributed by atoms with Gasteiger partial charge < -0.3 is 15.4 Å². The van der Waals surface area contributed by atoms with E-state index in [9.17, 15) is 14.4 Å². The molecule has 0 saturated heterocycles. The number of rotatable bonds is 10. The number of Topliss-reactive ketones (excluding diaryl/α,β-unsaturated/α-hetero) is 1. The molecule has 5 nitrogen and oxygen atoms in total. The van der Waals surface area contributed by atoms with Crippen LogP contribution in [0.2, 0.25) is 0 Å². The summed E-state index contributed by atoms with van der Waals surface area (Å²) in [5, 5.41) is 5.69. The van der Waals surface area contributed by atoms with Gasteiger partial charge in [-0.2, -0.15) is 0 Å². The van der Waals surface area contributed by atoms with Crippen molar-refractivity contribution in [1.29, 1.82) is 0 Å². The molecule has 0 spiro atoms. The molecule has 2 aromatic carbocycles. The van der Waals surface area contributed by atoms with Crippen LogP contribution in [-0.4, -0.2) is 23.6 Å². The Balaban J connectivity index is 1.97. The van der Waals surface area contributed by atoms with Gasteiger partial charge in [-0.1, -0.05) is 49.2 Å². The van der Waals surface area contributed by atoms with E-state index in [-0.39, 0.29) is 17.6 Å². The van der Waals surface area contributed by atoms with Gasteiger partial charge >= 0.3 is 0 Å². The maximum absolute atomic E-state index is 12.7. The number of carbonyl (C=O) groups is 3. The van der Waals surface area contributed by atoms with Gasteiger partial charge in [0, 0.05) is 17.7 Å². The molecule has 2 amide bonds. The lowest BCUT2D eigenvalue weighted by molar-refractivity contribution is -0.118. The van der Waals surface area contributed by atoms with Crippen molar-refractivity contribution >= 4 is 23.3 Å². The Morgan fingerprint density at radius 3 is 2.11 bits per heavy atom. The number of amides is 2. The number of anilines is 1. The van der Waals surface area contributed by atoms with E-state index < -0.39 is 6.04 Å². The van der Waals surface area contributed by atoms with Gasteiger partial charge in [0.2, 0.25) is 5.91 Å². The van der Waals surface area contributed by atoms with Crippen molar-refractivity contribution in [2.24, 2.45) is 0 Å². The number of hydrogen-bond acceptors (Lipinski definition) is 3. The Hall–Kier alpha value is -2.95. The molecule has 0 bridgehead atoms. The summed E-state index contributed by atoms with van der Waals surface area (Å²) in [6, 6.07) is 17.4. The molecule has 2 N–H and O–H groups in total. The average molecular weight is 366 g/mol. The Labute approximate surface area is 160 Å². The summed E-state index contributed by atoms with van der Waals surface area (Å²) in [4.78, 5) is 36.2. The zero-order valence-electron chi connectivity index (χ0n) is 15.6.